The summed E-state index contributed by atoms with van der Waals surface area (Å²) < 4.78 is 6.60. The molecule has 118 valence electrons. The first kappa shape index (κ1) is 15.3. The SMILES string of the molecule is Cc1cccc(-c2nnc(SCC3=CC(=O)C(=O)CO3)n2N)c1. The van der Waals surface area contributed by atoms with Crippen LogP contribution in [-0.4, -0.2) is 38.8 Å². The van der Waals surface area contributed by atoms with E-state index in [0.717, 1.165) is 11.1 Å². The van der Waals surface area contributed by atoms with Gasteiger partial charge in [0, 0.05) is 11.6 Å². The van der Waals surface area contributed by atoms with Crippen molar-refractivity contribution in [3.63, 3.8) is 0 Å². The highest BCUT2D eigenvalue weighted by Gasteiger charge is 2.21. The molecule has 7 nitrogen and oxygen atoms in total. The molecule has 0 radical (unpaired) electrons. The predicted octanol–water partition coefficient (Wildman–Crippen LogP) is 1.11. The lowest BCUT2D eigenvalue weighted by molar-refractivity contribution is -0.137. The van der Waals surface area contributed by atoms with E-state index in [1.165, 1.54) is 22.5 Å². The number of hydrogen-bond donors (Lipinski definition) is 1. The Kier molecular flexibility index (Phi) is 4.16. The number of ether oxygens (including phenoxy) is 1. The van der Waals surface area contributed by atoms with Gasteiger partial charge in [0.2, 0.25) is 16.7 Å². The van der Waals surface area contributed by atoms with E-state index in [0.29, 0.717) is 22.5 Å². The predicted molar refractivity (Wildman–Crippen MR) is 85.1 cm³/mol. The van der Waals surface area contributed by atoms with Crippen LogP contribution in [0.5, 0.6) is 0 Å². The molecule has 1 aliphatic heterocycles. The van der Waals surface area contributed by atoms with E-state index >= 15 is 0 Å². The van der Waals surface area contributed by atoms with Gasteiger partial charge in [0.15, 0.2) is 12.4 Å². The highest BCUT2D eigenvalue weighted by Crippen LogP contribution is 2.24. The zero-order chi connectivity index (χ0) is 16.4. The van der Waals surface area contributed by atoms with Crippen LogP contribution < -0.4 is 5.84 Å². The quantitative estimate of drug-likeness (QED) is 0.509. The number of nitrogens with zero attached hydrogens (tertiary/aromatic N) is 3. The van der Waals surface area contributed by atoms with E-state index < -0.39 is 11.6 Å². The number of aryl methyl sites for hydroxylation is 1. The maximum atomic E-state index is 11.3. The Morgan fingerprint density at radius 2 is 2.17 bits per heavy atom. The molecule has 0 aliphatic carbocycles. The number of thioether (sulfide) groups is 1. The third-order valence-electron chi connectivity index (χ3n) is 3.24. The van der Waals surface area contributed by atoms with Crippen LogP contribution in [0, 0.1) is 6.92 Å². The summed E-state index contributed by atoms with van der Waals surface area (Å²) in [4.78, 5) is 22.4. The van der Waals surface area contributed by atoms with Crippen molar-refractivity contribution < 1.29 is 14.3 Å². The average Bonchev–Trinajstić information content (AvgIpc) is 2.89. The average molecular weight is 330 g/mol. The summed E-state index contributed by atoms with van der Waals surface area (Å²) >= 11 is 1.28. The van der Waals surface area contributed by atoms with Crippen LogP contribution in [0.2, 0.25) is 0 Å². The van der Waals surface area contributed by atoms with Gasteiger partial charge in [-0.25, -0.2) is 4.68 Å². The van der Waals surface area contributed by atoms with E-state index in [1.54, 1.807) is 0 Å². The van der Waals surface area contributed by atoms with E-state index in [9.17, 15) is 9.59 Å². The Hall–Kier alpha value is -2.61. The molecule has 23 heavy (non-hydrogen) atoms. The molecule has 1 aliphatic rings. The molecule has 2 heterocycles. The van der Waals surface area contributed by atoms with Crippen LogP contribution in [0.1, 0.15) is 5.56 Å². The lowest BCUT2D eigenvalue weighted by atomic mass is 10.1. The van der Waals surface area contributed by atoms with Gasteiger partial charge in [-0.1, -0.05) is 35.5 Å². The van der Waals surface area contributed by atoms with Gasteiger partial charge in [-0.15, -0.1) is 10.2 Å². The second kappa shape index (κ2) is 6.25. The fraction of sp³-hybridized carbons (Fsp3) is 0.200. The number of ketones is 2. The largest absolute Gasteiger partial charge is 0.489 e. The Bertz CT molecular complexity index is 813. The number of carbonyl (C=O) groups is 2. The zero-order valence-corrected chi connectivity index (χ0v) is 13.2. The van der Waals surface area contributed by atoms with Crippen LogP contribution in [-0.2, 0) is 14.3 Å². The van der Waals surface area contributed by atoms with E-state index in [-0.39, 0.29) is 6.61 Å². The second-order valence-corrected chi connectivity index (χ2v) is 5.96. The number of aromatic nitrogens is 3. The normalized spacial score (nSPS) is 14.6. The van der Waals surface area contributed by atoms with Crippen molar-refractivity contribution >= 4 is 23.3 Å². The van der Waals surface area contributed by atoms with Crippen molar-refractivity contribution in [2.75, 3.05) is 18.2 Å². The molecule has 0 saturated heterocycles. The second-order valence-electron chi connectivity index (χ2n) is 5.02. The van der Waals surface area contributed by atoms with Crippen LogP contribution >= 0.6 is 11.8 Å². The van der Waals surface area contributed by atoms with Crippen LogP contribution in [0.25, 0.3) is 11.4 Å². The summed E-state index contributed by atoms with van der Waals surface area (Å²) in [6.45, 7) is 1.77. The summed E-state index contributed by atoms with van der Waals surface area (Å²) in [5.41, 5.74) is 1.98. The van der Waals surface area contributed by atoms with Gasteiger partial charge in [-0.2, -0.15) is 0 Å². The minimum absolute atomic E-state index is 0.213. The number of benzene rings is 1. The molecule has 0 bridgehead atoms. The Labute approximate surface area is 136 Å². The Morgan fingerprint density at radius 3 is 2.91 bits per heavy atom. The number of rotatable bonds is 4. The van der Waals surface area contributed by atoms with E-state index in [1.807, 2.05) is 31.2 Å². The van der Waals surface area contributed by atoms with E-state index in [4.69, 9.17) is 10.6 Å². The lowest BCUT2D eigenvalue weighted by Crippen LogP contribution is -2.23. The highest BCUT2D eigenvalue weighted by molar-refractivity contribution is 7.99. The van der Waals surface area contributed by atoms with Gasteiger partial charge in [0.1, 0.15) is 5.76 Å². The third kappa shape index (κ3) is 3.26. The summed E-state index contributed by atoms with van der Waals surface area (Å²) in [5, 5.41) is 8.66. The fourth-order valence-electron chi connectivity index (χ4n) is 2.07. The van der Waals surface area contributed by atoms with E-state index in [2.05, 4.69) is 10.2 Å². The number of allylic oxidation sites excluding steroid dienone is 1. The van der Waals surface area contributed by atoms with Crippen LogP contribution in [0.4, 0.5) is 0 Å². The maximum Gasteiger partial charge on any atom is 0.240 e. The summed E-state index contributed by atoms with van der Waals surface area (Å²) in [6.07, 6.45) is 1.21. The molecule has 1 aromatic carbocycles. The Balaban J connectivity index is 1.74. The minimum atomic E-state index is -0.540. The van der Waals surface area contributed by atoms with Crippen molar-refractivity contribution in [2.24, 2.45) is 0 Å². The van der Waals surface area contributed by atoms with Gasteiger partial charge < -0.3 is 10.6 Å². The maximum absolute atomic E-state index is 11.3. The standard InChI is InChI=1S/C15H14N4O3S/c1-9-3-2-4-10(5-9)14-17-18-15(19(14)16)23-8-11-6-12(20)13(21)7-22-11/h2-6H,7-8,16H2,1H3. The number of nitrogens with two attached hydrogens (primary N) is 1. The monoisotopic (exact) mass is 330 g/mol. The smallest absolute Gasteiger partial charge is 0.240 e. The molecule has 2 N–H and O–H groups in total. The highest BCUT2D eigenvalue weighted by atomic mass is 32.2. The minimum Gasteiger partial charge on any atom is -0.489 e. The molecule has 0 spiro atoms. The van der Waals surface area contributed by atoms with Crippen molar-refractivity contribution in [3.8, 4) is 11.4 Å². The van der Waals surface area contributed by atoms with Gasteiger partial charge >= 0.3 is 0 Å². The summed E-state index contributed by atoms with van der Waals surface area (Å²) in [5.74, 6) is 6.30. The van der Waals surface area contributed by atoms with Crippen molar-refractivity contribution in [3.05, 3.63) is 41.7 Å². The molecule has 1 aromatic heterocycles. The lowest BCUT2D eigenvalue weighted by Gasteiger charge is -2.12. The molecule has 0 atom stereocenters. The van der Waals surface area contributed by atoms with Crippen molar-refractivity contribution in [1.29, 1.82) is 0 Å². The molecule has 0 fully saturated rings. The number of Topliss-reactive ketones (excluding diaryl/α,β-unsaturated/α-hetero) is 1. The fourth-order valence-corrected chi connectivity index (χ4v) is 2.84. The molecule has 0 saturated carbocycles. The topological polar surface area (TPSA) is 100 Å². The molecular weight excluding hydrogens is 316 g/mol. The zero-order valence-electron chi connectivity index (χ0n) is 12.4. The number of carbonyl (C=O) groups excluding carboxylic acids is 2. The molecular formula is C15H14N4O3S. The van der Waals surface area contributed by atoms with Crippen molar-refractivity contribution in [2.45, 2.75) is 12.1 Å². The third-order valence-corrected chi connectivity index (χ3v) is 4.21. The molecule has 0 amide bonds. The summed E-state index contributed by atoms with van der Waals surface area (Å²) in [6, 6.07) is 7.79. The number of hydrogen-bond acceptors (Lipinski definition) is 7. The van der Waals surface area contributed by atoms with Crippen molar-refractivity contribution in [1.82, 2.24) is 14.9 Å². The van der Waals surface area contributed by atoms with Crippen LogP contribution in [0.15, 0.2) is 41.3 Å². The first-order chi connectivity index (χ1) is 11.0. The molecule has 2 aromatic rings. The first-order valence-corrected chi connectivity index (χ1v) is 7.84. The summed E-state index contributed by atoms with van der Waals surface area (Å²) in [7, 11) is 0. The first-order valence-electron chi connectivity index (χ1n) is 6.85. The Morgan fingerprint density at radius 1 is 1.35 bits per heavy atom. The van der Waals surface area contributed by atoms with Gasteiger partial charge in [-0.05, 0) is 13.0 Å². The van der Waals surface area contributed by atoms with Crippen LogP contribution in [0.3, 0.4) is 0 Å². The number of nitrogen functional groups attached to an aromatic ring is 1. The molecule has 3 rings (SSSR count). The van der Waals surface area contributed by atoms with Gasteiger partial charge in [0.05, 0.1) is 5.75 Å². The van der Waals surface area contributed by atoms with Gasteiger partial charge in [-0.3, -0.25) is 9.59 Å². The van der Waals surface area contributed by atoms with Gasteiger partial charge in [0.25, 0.3) is 0 Å². The molecule has 8 heteroatoms. The molecule has 0 unspecified atom stereocenters.